The molecule has 3 aromatic carbocycles. The predicted molar refractivity (Wildman–Crippen MR) is 138 cm³/mol. The summed E-state index contributed by atoms with van der Waals surface area (Å²) in [7, 11) is -0.162. The summed E-state index contributed by atoms with van der Waals surface area (Å²) in [6.45, 7) is 0. The Bertz CT molecular complexity index is 1390. The maximum absolute atomic E-state index is 13.3. The number of fused-ring (bicyclic) bond motifs is 1. The first kappa shape index (κ1) is 26.8. The second-order valence-corrected chi connectivity index (χ2v) is 10.8. The van der Waals surface area contributed by atoms with E-state index in [-0.39, 0.29) is 35.3 Å². The highest BCUT2D eigenvalue weighted by atomic mass is 32.2. The highest BCUT2D eigenvalue weighted by Crippen LogP contribution is 2.31. The van der Waals surface area contributed by atoms with E-state index in [4.69, 9.17) is 5.73 Å². The molecule has 0 bridgehead atoms. The van der Waals surface area contributed by atoms with Gasteiger partial charge in [0.1, 0.15) is 17.7 Å². The fourth-order valence-corrected chi connectivity index (χ4v) is 5.55. The van der Waals surface area contributed by atoms with Gasteiger partial charge in [0.15, 0.2) is 9.84 Å². The van der Waals surface area contributed by atoms with Crippen LogP contribution in [-0.4, -0.2) is 57.2 Å². The zero-order valence-corrected chi connectivity index (χ0v) is 20.9. The van der Waals surface area contributed by atoms with Crippen molar-refractivity contribution in [3.8, 4) is 0 Å². The smallest absolute Gasteiger partial charge is 0.326 e. The van der Waals surface area contributed by atoms with E-state index in [1.807, 2.05) is 31.1 Å². The molecule has 0 fully saturated rings. The van der Waals surface area contributed by atoms with E-state index in [0.717, 1.165) is 11.1 Å². The third-order valence-corrected chi connectivity index (χ3v) is 7.92. The summed E-state index contributed by atoms with van der Waals surface area (Å²) in [4.78, 5) is 37.1. The molecule has 4 N–H and O–H groups in total. The summed E-state index contributed by atoms with van der Waals surface area (Å²) < 4.78 is 26.6. The van der Waals surface area contributed by atoms with Gasteiger partial charge in [0, 0.05) is 41.7 Å². The summed E-state index contributed by atoms with van der Waals surface area (Å²) in [5.74, 6) is -1.90. The first-order valence-corrected chi connectivity index (χ1v) is 12.9. The Hall–Kier alpha value is -3.76. The number of benzene rings is 3. The van der Waals surface area contributed by atoms with Crippen molar-refractivity contribution < 1.29 is 27.9 Å². The van der Waals surface area contributed by atoms with Gasteiger partial charge in [-0.15, -0.1) is 0 Å². The number of nitrogens with two attached hydrogens (primary N) is 1. The molecule has 1 unspecified atom stereocenters. The molecule has 0 heterocycles. The number of nitrogens with one attached hydrogen (secondary N) is 1. The third kappa shape index (κ3) is 5.89. The molecule has 0 aliphatic heterocycles. The van der Waals surface area contributed by atoms with E-state index in [9.17, 15) is 27.9 Å². The molecule has 3 aromatic rings. The largest absolute Gasteiger partial charge is 0.480 e. The van der Waals surface area contributed by atoms with Crippen LogP contribution in [0.1, 0.15) is 40.0 Å². The number of carboxylic acids is 1. The number of sulfone groups is 1. The number of hydrogen-bond acceptors (Lipinski definition) is 7. The Morgan fingerprint density at radius 2 is 1.69 bits per heavy atom. The lowest BCUT2D eigenvalue weighted by atomic mass is 10.1. The van der Waals surface area contributed by atoms with Gasteiger partial charge < -0.3 is 21.1 Å². The first-order valence-electron chi connectivity index (χ1n) is 11.3. The highest BCUT2D eigenvalue weighted by Gasteiger charge is 2.27. The Morgan fingerprint density at radius 3 is 2.36 bits per heavy atom. The molecular weight excluding hydrogens is 482 g/mol. The SMILES string of the molecule is CN(C)c1cccc2c(S(=O)(=O)C(N)CCC[C@H](NC(=O)c3cccc(C=O)c3)C(=O)O)cccc12. The molecule has 2 atom stereocenters. The molecule has 9 nitrogen and oxygen atoms in total. The average Bonchev–Trinajstić information content (AvgIpc) is 2.86. The molecule has 3 rings (SSSR count). The molecule has 0 saturated heterocycles. The summed E-state index contributed by atoms with van der Waals surface area (Å²) in [6, 6.07) is 15.1. The van der Waals surface area contributed by atoms with Crippen molar-refractivity contribution in [3.63, 3.8) is 0 Å². The zero-order valence-electron chi connectivity index (χ0n) is 20.0. The van der Waals surface area contributed by atoms with Gasteiger partial charge in [-0.3, -0.25) is 9.59 Å². The van der Waals surface area contributed by atoms with Crippen molar-refractivity contribution in [1.29, 1.82) is 0 Å². The fourth-order valence-electron chi connectivity index (χ4n) is 4.00. The molecular formula is C26H29N3O6S. The number of carboxylic acid groups (broad SMARTS) is 1. The fraction of sp³-hybridized carbons (Fsp3) is 0.269. The van der Waals surface area contributed by atoms with Crippen LogP contribution in [-0.2, 0) is 14.6 Å². The minimum Gasteiger partial charge on any atom is -0.480 e. The number of aldehydes is 1. The number of nitrogens with zero attached hydrogens (tertiary/aromatic N) is 1. The van der Waals surface area contributed by atoms with Crippen LogP contribution >= 0.6 is 0 Å². The monoisotopic (exact) mass is 511 g/mol. The van der Waals surface area contributed by atoms with E-state index >= 15 is 0 Å². The minimum atomic E-state index is -3.91. The molecule has 0 aromatic heterocycles. The van der Waals surface area contributed by atoms with Gasteiger partial charge in [0.2, 0.25) is 0 Å². The maximum atomic E-state index is 13.3. The molecule has 10 heteroatoms. The van der Waals surface area contributed by atoms with E-state index in [1.165, 1.54) is 30.3 Å². The molecule has 0 aliphatic rings. The van der Waals surface area contributed by atoms with Crippen LogP contribution in [0.3, 0.4) is 0 Å². The number of aliphatic carboxylic acids is 1. The second kappa shape index (κ2) is 11.3. The van der Waals surface area contributed by atoms with Crippen LogP contribution in [0.5, 0.6) is 0 Å². The molecule has 36 heavy (non-hydrogen) atoms. The van der Waals surface area contributed by atoms with Gasteiger partial charge >= 0.3 is 5.97 Å². The normalized spacial score (nSPS) is 13.1. The van der Waals surface area contributed by atoms with Crippen molar-refractivity contribution in [2.24, 2.45) is 5.73 Å². The summed E-state index contributed by atoms with van der Waals surface area (Å²) in [5, 5.41) is 12.1. The van der Waals surface area contributed by atoms with Gasteiger partial charge in [0.25, 0.3) is 5.91 Å². The van der Waals surface area contributed by atoms with Crippen LogP contribution in [0.4, 0.5) is 5.69 Å². The van der Waals surface area contributed by atoms with Crippen molar-refractivity contribution in [1.82, 2.24) is 5.32 Å². The predicted octanol–water partition coefficient (Wildman–Crippen LogP) is 2.83. The highest BCUT2D eigenvalue weighted by molar-refractivity contribution is 7.92. The Kier molecular flexibility index (Phi) is 8.44. The van der Waals surface area contributed by atoms with Crippen LogP contribution < -0.4 is 16.0 Å². The van der Waals surface area contributed by atoms with Gasteiger partial charge in [-0.1, -0.05) is 36.4 Å². The number of amides is 1. The number of anilines is 1. The summed E-state index contributed by atoms with van der Waals surface area (Å²) in [6.07, 6.45) is 0.731. The lowest BCUT2D eigenvalue weighted by Crippen LogP contribution is -2.41. The van der Waals surface area contributed by atoms with E-state index < -0.39 is 33.1 Å². The van der Waals surface area contributed by atoms with Crippen LogP contribution in [0.15, 0.2) is 65.6 Å². The second-order valence-electron chi connectivity index (χ2n) is 8.64. The topological polar surface area (TPSA) is 147 Å². The van der Waals surface area contributed by atoms with E-state index in [0.29, 0.717) is 11.7 Å². The zero-order chi connectivity index (χ0) is 26.5. The average molecular weight is 512 g/mol. The van der Waals surface area contributed by atoms with E-state index in [2.05, 4.69) is 5.32 Å². The number of carbonyl (C=O) groups is 3. The number of hydrogen-bond donors (Lipinski definition) is 3. The lowest BCUT2D eigenvalue weighted by molar-refractivity contribution is -0.139. The molecule has 0 spiro atoms. The molecule has 1 amide bonds. The van der Waals surface area contributed by atoms with Crippen LogP contribution in [0.25, 0.3) is 10.8 Å². The first-order chi connectivity index (χ1) is 17.1. The van der Waals surface area contributed by atoms with Gasteiger partial charge in [-0.25, -0.2) is 13.2 Å². The Balaban J connectivity index is 1.71. The van der Waals surface area contributed by atoms with Crippen molar-refractivity contribution in [2.75, 3.05) is 19.0 Å². The summed E-state index contributed by atoms with van der Waals surface area (Å²) >= 11 is 0. The lowest BCUT2D eigenvalue weighted by Gasteiger charge is -2.19. The van der Waals surface area contributed by atoms with Gasteiger partial charge in [-0.05, 0) is 43.5 Å². The Morgan fingerprint density at radius 1 is 1.03 bits per heavy atom. The number of rotatable bonds is 11. The third-order valence-electron chi connectivity index (χ3n) is 5.92. The molecule has 0 saturated carbocycles. The van der Waals surface area contributed by atoms with Gasteiger partial charge in [0.05, 0.1) is 4.90 Å². The summed E-state index contributed by atoms with van der Waals surface area (Å²) in [5.41, 5.74) is 7.40. The van der Waals surface area contributed by atoms with Crippen LogP contribution in [0, 0.1) is 0 Å². The molecule has 190 valence electrons. The quantitative estimate of drug-likeness (QED) is 0.333. The number of carbonyl (C=O) groups excluding carboxylic acids is 2. The molecule has 0 aliphatic carbocycles. The molecule has 0 radical (unpaired) electrons. The maximum Gasteiger partial charge on any atom is 0.326 e. The minimum absolute atomic E-state index is 0.00632. The Labute approximate surface area is 209 Å². The van der Waals surface area contributed by atoms with E-state index in [1.54, 1.807) is 18.2 Å². The standard InChI is InChI=1S/C26H29N3O6S/c1-29(2)22-12-4-10-20-19(22)9-5-13-23(20)36(34,35)24(27)14-6-11-21(26(32)33)28-25(31)18-8-3-7-17(15-18)16-30/h3-5,7-10,12-13,15-16,21,24H,6,11,14,27H2,1-2H3,(H,28,31)(H,32,33)/t21-,24?/m0/s1. The van der Waals surface area contributed by atoms with Crippen molar-refractivity contribution in [3.05, 3.63) is 71.8 Å². The van der Waals surface area contributed by atoms with Crippen molar-refractivity contribution in [2.45, 2.75) is 35.6 Å². The van der Waals surface area contributed by atoms with Crippen LogP contribution in [0.2, 0.25) is 0 Å². The van der Waals surface area contributed by atoms with Gasteiger partial charge in [-0.2, -0.15) is 0 Å². The van der Waals surface area contributed by atoms with Crippen molar-refractivity contribution >= 4 is 44.5 Å².